The van der Waals surface area contributed by atoms with Gasteiger partial charge in [-0.15, -0.1) is 5.10 Å². The Morgan fingerprint density at radius 2 is 1.80 bits per heavy atom. The van der Waals surface area contributed by atoms with E-state index in [0.29, 0.717) is 11.5 Å². The van der Waals surface area contributed by atoms with Gasteiger partial charge in [0.1, 0.15) is 6.04 Å². The number of benzene rings is 1. The molecule has 160 valence electrons. The van der Waals surface area contributed by atoms with E-state index in [2.05, 4.69) is 78.2 Å². The number of pyridine rings is 1. The highest BCUT2D eigenvalue weighted by molar-refractivity contribution is 5.85. The average molecular weight is 409 g/mol. The van der Waals surface area contributed by atoms with Crippen molar-refractivity contribution < 1.29 is 0 Å². The molecule has 3 heterocycles. The van der Waals surface area contributed by atoms with Gasteiger partial charge in [-0.1, -0.05) is 19.1 Å². The monoisotopic (exact) mass is 408 g/mol. The number of aryl methyl sites for hydroxylation is 2. The first-order chi connectivity index (χ1) is 14.2. The molecule has 1 aliphatic rings. The highest BCUT2D eigenvalue weighted by atomic mass is 16.1. The Morgan fingerprint density at radius 1 is 1.13 bits per heavy atom. The van der Waals surface area contributed by atoms with Crippen LogP contribution in [0.2, 0.25) is 0 Å². The third-order valence-corrected chi connectivity index (χ3v) is 6.32. The summed E-state index contributed by atoms with van der Waals surface area (Å²) < 4.78 is 1.86. The summed E-state index contributed by atoms with van der Waals surface area (Å²) in [6, 6.07) is 5.94. The minimum Gasteiger partial charge on any atom is -0.321 e. The first-order valence-electron chi connectivity index (χ1n) is 10.8. The molecule has 7 nitrogen and oxygen atoms in total. The molecule has 0 bridgehead atoms. The van der Waals surface area contributed by atoms with Gasteiger partial charge in [-0.25, -0.2) is 4.68 Å². The van der Waals surface area contributed by atoms with E-state index in [0.717, 1.165) is 53.8 Å². The molecule has 0 aliphatic carbocycles. The molecular weight excluding hydrogens is 376 g/mol. The van der Waals surface area contributed by atoms with E-state index in [4.69, 9.17) is 0 Å². The standard InChI is InChI=1S/C23H32N6O/c1-14-9-11-28(12-10-14)20(21-25-26-27-29(21)23(4,5)6)18-13-17-15(2)7-8-16(3)19(17)24-22(18)30/h7-8,13-14,20H,9-12H2,1-6H3,(H,24,30)/t20-/m1/s1. The second-order valence-electron chi connectivity index (χ2n) is 9.78. The van der Waals surface area contributed by atoms with E-state index in [1.807, 2.05) is 11.6 Å². The molecule has 0 spiro atoms. The van der Waals surface area contributed by atoms with Gasteiger partial charge < -0.3 is 4.98 Å². The van der Waals surface area contributed by atoms with Crippen molar-refractivity contribution in [2.24, 2.45) is 5.92 Å². The molecular formula is C23H32N6O. The average Bonchev–Trinajstić information content (AvgIpc) is 3.17. The first kappa shape index (κ1) is 20.7. The Hall–Kier alpha value is -2.54. The lowest BCUT2D eigenvalue weighted by molar-refractivity contribution is 0.144. The molecule has 1 aromatic carbocycles. The van der Waals surface area contributed by atoms with E-state index in [1.165, 1.54) is 0 Å². The molecule has 1 saturated heterocycles. The molecule has 0 amide bonds. The minimum atomic E-state index is -0.281. The van der Waals surface area contributed by atoms with Crippen LogP contribution >= 0.6 is 0 Å². The normalized spacial score (nSPS) is 17.5. The number of likely N-dealkylation sites (tertiary alicyclic amines) is 1. The fraction of sp³-hybridized carbons (Fsp3) is 0.565. The van der Waals surface area contributed by atoms with Gasteiger partial charge in [0.25, 0.3) is 5.56 Å². The SMILES string of the molecule is Cc1ccc(C)c2[nH]c(=O)c([C@H](c3nnnn3C(C)(C)C)N3CCC(C)CC3)cc12. The topological polar surface area (TPSA) is 79.7 Å². The molecule has 1 aliphatic heterocycles. The minimum absolute atomic E-state index is 0.0664. The number of tetrazole rings is 1. The quantitative estimate of drug-likeness (QED) is 0.715. The summed E-state index contributed by atoms with van der Waals surface area (Å²) in [5, 5.41) is 13.8. The molecule has 1 N–H and O–H groups in total. The number of aromatic amines is 1. The molecule has 0 saturated carbocycles. The third-order valence-electron chi connectivity index (χ3n) is 6.32. The largest absolute Gasteiger partial charge is 0.321 e. The number of rotatable bonds is 3. The number of fused-ring (bicyclic) bond motifs is 1. The van der Waals surface area contributed by atoms with Gasteiger partial charge in [0.2, 0.25) is 0 Å². The summed E-state index contributed by atoms with van der Waals surface area (Å²) >= 11 is 0. The molecule has 1 fully saturated rings. The van der Waals surface area contributed by atoms with Crippen molar-refractivity contribution in [3.8, 4) is 0 Å². The lowest BCUT2D eigenvalue weighted by Gasteiger charge is -2.37. The van der Waals surface area contributed by atoms with Crippen molar-refractivity contribution in [2.75, 3.05) is 13.1 Å². The number of hydrogen-bond acceptors (Lipinski definition) is 5. The van der Waals surface area contributed by atoms with Crippen molar-refractivity contribution in [1.29, 1.82) is 0 Å². The number of H-pyrrole nitrogens is 1. The zero-order chi connectivity index (χ0) is 21.6. The van der Waals surface area contributed by atoms with Gasteiger partial charge in [-0.2, -0.15) is 0 Å². The number of nitrogens with one attached hydrogen (secondary N) is 1. The summed E-state index contributed by atoms with van der Waals surface area (Å²) in [6.45, 7) is 14.5. The maximum Gasteiger partial charge on any atom is 0.253 e. The second kappa shape index (κ2) is 7.61. The van der Waals surface area contributed by atoms with Crippen LogP contribution in [-0.4, -0.2) is 43.2 Å². The molecule has 0 unspecified atom stereocenters. The maximum atomic E-state index is 13.3. The molecule has 30 heavy (non-hydrogen) atoms. The third kappa shape index (κ3) is 3.67. The van der Waals surface area contributed by atoms with Crippen LogP contribution in [0.15, 0.2) is 23.0 Å². The second-order valence-corrected chi connectivity index (χ2v) is 9.78. The number of piperidine rings is 1. The first-order valence-corrected chi connectivity index (χ1v) is 10.8. The van der Waals surface area contributed by atoms with Crippen LogP contribution in [0, 0.1) is 19.8 Å². The van der Waals surface area contributed by atoms with Gasteiger partial charge in [0.15, 0.2) is 5.82 Å². The van der Waals surface area contributed by atoms with Gasteiger partial charge in [0.05, 0.1) is 11.1 Å². The van der Waals surface area contributed by atoms with Crippen LogP contribution in [0.4, 0.5) is 0 Å². The smallest absolute Gasteiger partial charge is 0.253 e. The van der Waals surface area contributed by atoms with Crippen LogP contribution in [0.5, 0.6) is 0 Å². The van der Waals surface area contributed by atoms with E-state index in [9.17, 15) is 4.79 Å². The summed E-state index contributed by atoms with van der Waals surface area (Å²) in [5.41, 5.74) is 3.49. The zero-order valence-corrected chi connectivity index (χ0v) is 18.9. The molecule has 3 aromatic rings. The van der Waals surface area contributed by atoms with Crippen LogP contribution in [0.25, 0.3) is 10.9 Å². The predicted molar refractivity (Wildman–Crippen MR) is 119 cm³/mol. The number of hydrogen-bond donors (Lipinski definition) is 1. The zero-order valence-electron chi connectivity index (χ0n) is 18.9. The fourth-order valence-electron chi connectivity index (χ4n) is 4.42. The van der Waals surface area contributed by atoms with Crippen molar-refractivity contribution in [3.63, 3.8) is 0 Å². The van der Waals surface area contributed by atoms with Crippen molar-refractivity contribution >= 4 is 10.9 Å². The predicted octanol–water partition coefficient (Wildman–Crippen LogP) is 3.71. The number of aromatic nitrogens is 5. The van der Waals surface area contributed by atoms with Crippen molar-refractivity contribution in [1.82, 2.24) is 30.1 Å². The summed E-state index contributed by atoms with van der Waals surface area (Å²) in [4.78, 5) is 18.9. The molecule has 2 aromatic heterocycles. The van der Waals surface area contributed by atoms with Crippen molar-refractivity contribution in [3.05, 3.63) is 51.1 Å². The highest BCUT2D eigenvalue weighted by Gasteiger charge is 2.34. The van der Waals surface area contributed by atoms with E-state index in [1.54, 1.807) is 0 Å². The molecule has 1 atom stereocenters. The van der Waals surface area contributed by atoms with E-state index in [-0.39, 0.29) is 17.1 Å². The Kier molecular flexibility index (Phi) is 5.26. The molecule has 7 heteroatoms. The Labute approximate surface area is 177 Å². The van der Waals surface area contributed by atoms with Crippen LogP contribution in [-0.2, 0) is 5.54 Å². The van der Waals surface area contributed by atoms with Gasteiger partial charge in [-0.3, -0.25) is 9.69 Å². The van der Waals surface area contributed by atoms with E-state index < -0.39 is 0 Å². The Bertz CT molecular complexity index is 1110. The fourth-order valence-corrected chi connectivity index (χ4v) is 4.42. The van der Waals surface area contributed by atoms with Crippen molar-refractivity contribution in [2.45, 2.75) is 66.0 Å². The van der Waals surface area contributed by atoms with E-state index >= 15 is 0 Å². The highest BCUT2D eigenvalue weighted by Crippen LogP contribution is 2.33. The molecule has 0 radical (unpaired) electrons. The molecule has 4 rings (SSSR count). The van der Waals surface area contributed by atoms with Crippen LogP contribution in [0.1, 0.15) is 69.1 Å². The maximum absolute atomic E-state index is 13.3. The van der Waals surface area contributed by atoms with Gasteiger partial charge in [-0.05, 0) is 94.1 Å². The summed E-state index contributed by atoms with van der Waals surface area (Å²) in [7, 11) is 0. The Balaban J connectivity index is 1.93. The van der Waals surface area contributed by atoms with Crippen LogP contribution in [0.3, 0.4) is 0 Å². The lowest BCUT2D eigenvalue weighted by Crippen LogP contribution is -2.41. The van der Waals surface area contributed by atoms with Crippen LogP contribution < -0.4 is 5.56 Å². The summed E-state index contributed by atoms with van der Waals surface area (Å²) in [5.74, 6) is 1.42. The van der Waals surface area contributed by atoms with Gasteiger partial charge in [0, 0.05) is 10.9 Å². The Morgan fingerprint density at radius 3 is 2.47 bits per heavy atom. The number of nitrogens with zero attached hydrogens (tertiary/aromatic N) is 5. The lowest BCUT2D eigenvalue weighted by atomic mass is 9.94. The van der Waals surface area contributed by atoms with Gasteiger partial charge >= 0.3 is 0 Å². The summed E-state index contributed by atoms with van der Waals surface area (Å²) in [6.07, 6.45) is 2.22.